The van der Waals surface area contributed by atoms with Crippen LogP contribution in [0.5, 0.6) is 0 Å². The normalized spacial score (nSPS) is 11.9. The van der Waals surface area contributed by atoms with Gasteiger partial charge in [0.15, 0.2) is 0 Å². The molecule has 4 aromatic rings. The molecule has 7 heteroatoms. The van der Waals surface area contributed by atoms with Gasteiger partial charge in [-0.05, 0) is 29.0 Å². The molecule has 0 fully saturated rings. The first-order valence-electron chi connectivity index (χ1n) is 8.05. The average molecular weight is 370 g/mol. The van der Waals surface area contributed by atoms with Crippen molar-refractivity contribution < 1.29 is 22.7 Å². The van der Waals surface area contributed by atoms with Gasteiger partial charge >= 0.3 is 12.1 Å². The van der Waals surface area contributed by atoms with Gasteiger partial charge in [0.1, 0.15) is 11.3 Å². The Morgan fingerprint density at radius 3 is 2.48 bits per heavy atom. The lowest BCUT2D eigenvalue weighted by atomic mass is 10.0. The van der Waals surface area contributed by atoms with Crippen molar-refractivity contribution in [3.8, 4) is 11.3 Å². The molecule has 136 valence electrons. The molecular formula is C20H13F3N2O2. The molecule has 0 atom stereocenters. The van der Waals surface area contributed by atoms with E-state index in [2.05, 4.69) is 14.7 Å². The number of rotatable bonds is 2. The van der Waals surface area contributed by atoms with E-state index in [9.17, 15) is 18.0 Å². The van der Waals surface area contributed by atoms with E-state index in [4.69, 9.17) is 0 Å². The number of methoxy groups -OCH3 is 1. The number of fused-ring (bicyclic) bond motifs is 2. The molecular weight excluding hydrogens is 357 g/mol. The lowest BCUT2D eigenvalue weighted by molar-refractivity contribution is -0.136. The fourth-order valence-electron chi connectivity index (χ4n) is 3.06. The minimum absolute atomic E-state index is 0.0200. The van der Waals surface area contributed by atoms with Crippen LogP contribution in [0.2, 0.25) is 0 Å². The third kappa shape index (κ3) is 3.01. The number of carbonyl (C=O) groups excluding carboxylic acids is 1. The topological polar surface area (TPSA) is 55.0 Å². The van der Waals surface area contributed by atoms with Gasteiger partial charge < -0.3 is 9.72 Å². The number of aromatic amines is 1. The smallest absolute Gasteiger partial charge is 0.417 e. The van der Waals surface area contributed by atoms with Gasteiger partial charge in [-0.2, -0.15) is 13.2 Å². The zero-order chi connectivity index (χ0) is 19.2. The first-order valence-corrected chi connectivity index (χ1v) is 8.05. The van der Waals surface area contributed by atoms with Crippen molar-refractivity contribution in [1.29, 1.82) is 0 Å². The number of nitrogens with zero attached hydrogens (tertiary/aromatic N) is 1. The lowest BCUT2D eigenvalue weighted by Crippen LogP contribution is -2.06. The van der Waals surface area contributed by atoms with Gasteiger partial charge in [0.2, 0.25) is 0 Å². The number of halogens is 3. The van der Waals surface area contributed by atoms with E-state index in [1.165, 1.54) is 0 Å². The van der Waals surface area contributed by atoms with E-state index in [0.29, 0.717) is 5.56 Å². The highest BCUT2D eigenvalue weighted by Gasteiger charge is 2.34. The zero-order valence-corrected chi connectivity index (χ0v) is 14.1. The lowest BCUT2D eigenvalue weighted by Gasteiger charge is -2.11. The quantitative estimate of drug-likeness (QED) is 0.494. The summed E-state index contributed by atoms with van der Waals surface area (Å²) in [6.45, 7) is 0. The predicted molar refractivity (Wildman–Crippen MR) is 95.4 cm³/mol. The summed E-state index contributed by atoms with van der Waals surface area (Å²) in [6, 6.07) is 15.0. The maximum absolute atomic E-state index is 13.6. The Hall–Kier alpha value is -3.35. The molecule has 2 aromatic heterocycles. The Labute approximate surface area is 151 Å². The molecule has 4 rings (SSSR count). The van der Waals surface area contributed by atoms with Crippen LogP contribution in [-0.2, 0) is 10.9 Å². The standard InChI is InChI=1S/C20H13F3N2O2/c1-27-19(26)17-9-14-15(20(21,22)23)10-16(24-18(14)25-17)13-7-6-11-4-2-3-5-12(11)8-13/h2-10H,1H3,(H,24,25). The van der Waals surface area contributed by atoms with Crippen LogP contribution in [-0.4, -0.2) is 23.0 Å². The number of benzene rings is 2. The molecule has 0 aliphatic carbocycles. The molecule has 0 amide bonds. The molecule has 0 aliphatic heterocycles. The number of alkyl halides is 3. The van der Waals surface area contributed by atoms with Crippen molar-refractivity contribution >= 4 is 27.8 Å². The van der Waals surface area contributed by atoms with Crippen LogP contribution in [0.15, 0.2) is 54.6 Å². The van der Waals surface area contributed by atoms with Gasteiger partial charge in [0.25, 0.3) is 0 Å². The van der Waals surface area contributed by atoms with E-state index in [1.54, 1.807) is 12.1 Å². The van der Waals surface area contributed by atoms with Gasteiger partial charge in [0.05, 0.1) is 18.4 Å². The first kappa shape index (κ1) is 17.1. The maximum Gasteiger partial charge on any atom is 0.417 e. The Morgan fingerprint density at radius 2 is 1.78 bits per heavy atom. The van der Waals surface area contributed by atoms with E-state index < -0.39 is 17.7 Å². The van der Waals surface area contributed by atoms with Crippen LogP contribution in [0.3, 0.4) is 0 Å². The average Bonchev–Trinajstić information content (AvgIpc) is 3.09. The molecule has 4 nitrogen and oxygen atoms in total. The maximum atomic E-state index is 13.6. The highest BCUT2D eigenvalue weighted by atomic mass is 19.4. The van der Waals surface area contributed by atoms with E-state index in [0.717, 1.165) is 30.0 Å². The molecule has 0 saturated carbocycles. The minimum atomic E-state index is -4.59. The number of esters is 1. The van der Waals surface area contributed by atoms with Gasteiger partial charge in [0, 0.05) is 10.9 Å². The second kappa shape index (κ2) is 6.12. The third-order valence-corrected chi connectivity index (χ3v) is 4.36. The molecule has 0 spiro atoms. The van der Waals surface area contributed by atoms with Crippen molar-refractivity contribution in [2.24, 2.45) is 0 Å². The van der Waals surface area contributed by atoms with Gasteiger partial charge in [-0.25, -0.2) is 9.78 Å². The monoisotopic (exact) mass is 370 g/mol. The summed E-state index contributed by atoms with van der Waals surface area (Å²) in [6.07, 6.45) is -4.59. The molecule has 2 heterocycles. The summed E-state index contributed by atoms with van der Waals surface area (Å²) >= 11 is 0. The largest absolute Gasteiger partial charge is 0.464 e. The highest BCUT2D eigenvalue weighted by molar-refractivity contribution is 5.96. The number of hydrogen-bond acceptors (Lipinski definition) is 3. The van der Waals surface area contributed by atoms with Crippen LogP contribution >= 0.6 is 0 Å². The second-order valence-electron chi connectivity index (χ2n) is 6.05. The zero-order valence-electron chi connectivity index (χ0n) is 14.1. The summed E-state index contributed by atoms with van der Waals surface area (Å²) in [4.78, 5) is 18.6. The molecule has 0 saturated heterocycles. The van der Waals surface area contributed by atoms with Gasteiger partial charge in [-0.15, -0.1) is 0 Å². The SMILES string of the molecule is COC(=O)c1cc2c(C(F)(F)F)cc(-c3ccc4ccccc4c3)nc2[nH]1. The number of aromatic nitrogens is 2. The van der Waals surface area contributed by atoms with Crippen molar-refractivity contribution in [2.45, 2.75) is 6.18 Å². The molecule has 1 N–H and O–H groups in total. The molecule has 27 heavy (non-hydrogen) atoms. The summed E-state index contributed by atoms with van der Waals surface area (Å²) in [5, 5.41) is 1.70. The minimum Gasteiger partial charge on any atom is -0.464 e. The third-order valence-electron chi connectivity index (χ3n) is 4.36. The number of nitrogens with one attached hydrogen (secondary N) is 1. The Kier molecular flexibility index (Phi) is 3.87. The van der Waals surface area contributed by atoms with Crippen molar-refractivity contribution in [1.82, 2.24) is 9.97 Å². The summed E-state index contributed by atoms with van der Waals surface area (Å²) in [7, 11) is 1.16. The van der Waals surface area contributed by atoms with Gasteiger partial charge in [-0.1, -0.05) is 36.4 Å². The summed E-state index contributed by atoms with van der Waals surface area (Å²) < 4.78 is 45.4. The first-order chi connectivity index (χ1) is 12.9. The summed E-state index contributed by atoms with van der Waals surface area (Å²) in [5.74, 6) is -0.756. The van der Waals surface area contributed by atoms with Crippen LogP contribution in [0.4, 0.5) is 13.2 Å². The molecule has 0 bridgehead atoms. The number of ether oxygens (including phenoxy) is 1. The van der Waals surface area contributed by atoms with Crippen LogP contribution < -0.4 is 0 Å². The highest BCUT2D eigenvalue weighted by Crippen LogP contribution is 2.37. The van der Waals surface area contributed by atoms with E-state index in [1.807, 2.05) is 30.3 Å². The van der Waals surface area contributed by atoms with E-state index in [-0.39, 0.29) is 22.4 Å². The Balaban J connectivity index is 1.95. The Bertz CT molecular complexity index is 1180. The molecule has 0 aliphatic rings. The molecule has 0 radical (unpaired) electrons. The number of pyridine rings is 1. The van der Waals surface area contributed by atoms with E-state index >= 15 is 0 Å². The van der Waals surface area contributed by atoms with Crippen molar-refractivity contribution in [3.05, 3.63) is 65.9 Å². The summed E-state index contributed by atoms with van der Waals surface area (Å²) in [5.41, 5.74) is -0.245. The number of hydrogen-bond donors (Lipinski definition) is 1. The number of carbonyl (C=O) groups is 1. The van der Waals surface area contributed by atoms with Crippen LogP contribution in [0.25, 0.3) is 33.1 Å². The van der Waals surface area contributed by atoms with Crippen molar-refractivity contribution in [2.75, 3.05) is 7.11 Å². The number of H-pyrrole nitrogens is 1. The fourth-order valence-corrected chi connectivity index (χ4v) is 3.06. The second-order valence-corrected chi connectivity index (χ2v) is 6.05. The Morgan fingerprint density at radius 1 is 1.04 bits per heavy atom. The van der Waals surface area contributed by atoms with Crippen LogP contribution in [0, 0.1) is 0 Å². The van der Waals surface area contributed by atoms with Gasteiger partial charge in [-0.3, -0.25) is 0 Å². The van der Waals surface area contributed by atoms with Crippen LogP contribution in [0.1, 0.15) is 16.1 Å². The predicted octanol–water partition coefficient (Wildman–Crippen LogP) is 5.19. The molecule has 0 unspecified atom stereocenters. The molecule has 2 aromatic carbocycles. The fraction of sp³-hybridized carbons (Fsp3) is 0.100. The van der Waals surface area contributed by atoms with Crippen molar-refractivity contribution in [3.63, 3.8) is 0 Å².